The molecule has 3 rings (SSSR count). The lowest BCUT2D eigenvalue weighted by Crippen LogP contribution is -2.37. The third-order valence-corrected chi connectivity index (χ3v) is 5.76. The second-order valence-electron chi connectivity index (χ2n) is 8.13. The average molecular weight is 395 g/mol. The summed E-state index contributed by atoms with van der Waals surface area (Å²) in [7, 11) is 0. The summed E-state index contributed by atoms with van der Waals surface area (Å²) in [5.41, 5.74) is 4.84. The van der Waals surface area contributed by atoms with Gasteiger partial charge in [0.1, 0.15) is 5.75 Å². The molecule has 0 saturated carbocycles. The van der Waals surface area contributed by atoms with Crippen LogP contribution in [0.2, 0.25) is 0 Å². The second-order valence-corrected chi connectivity index (χ2v) is 8.13. The van der Waals surface area contributed by atoms with E-state index < -0.39 is 6.10 Å². The predicted octanol–water partition coefficient (Wildman–Crippen LogP) is 4.76. The number of rotatable bonds is 8. The molecule has 0 aromatic heterocycles. The molecular formula is C25H34N2O2. The summed E-state index contributed by atoms with van der Waals surface area (Å²) < 4.78 is 5.94. The van der Waals surface area contributed by atoms with E-state index in [-0.39, 0.29) is 5.91 Å². The highest BCUT2D eigenvalue weighted by Gasteiger charge is 2.18. The molecule has 0 spiro atoms. The van der Waals surface area contributed by atoms with E-state index in [4.69, 9.17) is 4.74 Å². The zero-order valence-corrected chi connectivity index (χ0v) is 18.0. The van der Waals surface area contributed by atoms with Crippen molar-refractivity contribution in [2.75, 3.05) is 13.1 Å². The highest BCUT2D eigenvalue weighted by Crippen LogP contribution is 2.19. The SMILES string of the molecule is CCC(Oc1ccc(C)c(C)c1)C(=O)NCc1ccc(CN2CCCCC2)cc1. The fourth-order valence-corrected chi connectivity index (χ4v) is 3.71. The molecule has 4 nitrogen and oxygen atoms in total. The maximum atomic E-state index is 12.6. The Morgan fingerprint density at radius 3 is 2.34 bits per heavy atom. The van der Waals surface area contributed by atoms with Gasteiger partial charge in [0.25, 0.3) is 5.91 Å². The predicted molar refractivity (Wildman–Crippen MR) is 118 cm³/mol. The number of benzene rings is 2. The normalized spacial score (nSPS) is 15.7. The molecule has 1 fully saturated rings. The maximum absolute atomic E-state index is 12.6. The lowest BCUT2D eigenvalue weighted by molar-refractivity contribution is -0.128. The van der Waals surface area contributed by atoms with E-state index in [2.05, 4.69) is 48.3 Å². The van der Waals surface area contributed by atoms with Crippen molar-refractivity contribution in [3.8, 4) is 5.75 Å². The molecule has 1 saturated heterocycles. The summed E-state index contributed by atoms with van der Waals surface area (Å²) in [5.74, 6) is 0.681. The van der Waals surface area contributed by atoms with Crippen molar-refractivity contribution in [2.24, 2.45) is 0 Å². The summed E-state index contributed by atoms with van der Waals surface area (Å²) >= 11 is 0. The molecule has 0 radical (unpaired) electrons. The largest absolute Gasteiger partial charge is 0.481 e. The van der Waals surface area contributed by atoms with Crippen LogP contribution in [0.5, 0.6) is 5.75 Å². The van der Waals surface area contributed by atoms with Gasteiger partial charge in [0, 0.05) is 13.1 Å². The van der Waals surface area contributed by atoms with Crippen LogP contribution in [-0.4, -0.2) is 30.0 Å². The first-order chi connectivity index (χ1) is 14.0. The van der Waals surface area contributed by atoms with E-state index in [1.165, 1.54) is 49.0 Å². The number of nitrogens with zero attached hydrogens (tertiary/aromatic N) is 1. The fraction of sp³-hybridized carbons (Fsp3) is 0.480. The van der Waals surface area contributed by atoms with Gasteiger partial charge in [-0.25, -0.2) is 0 Å². The first kappa shape index (κ1) is 21.4. The van der Waals surface area contributed by atoms with Crippen LogP contribution in [0.15, 0.2) is 42.5 Å². The van der Waals surface area contributed by atoms with Gasteiger partial charge in [0.15, 0.2) is 6.10 Å². The van der Waals surface area contributed by atoms with Gasteiger partial charge in [-0.1, -0.05) is 43.7 Å². The lowest BCUT2D eigenvalue weighted by atomic mass is 10.1. The van der Waals surface area contributed by atoms with Gasteiger partial charge in [-0.2, -0.15) is 0 Å². The number of hydrogen-bond donors (Lipinski definition) is 1. The number of amides is 1. The maximum Gasteiger partial charge on any atom is 0.261 e. The Morgan fingerprint density at radius 1 is 1.00 bits per heavy atom. The number of hydrogen-bond acceptors (Lipinski definition) is 3. The second kappa shape index (κ2) is 10.4. The Hall–Kier alpha value is -2.33. The standard InChI is InChI=1S/C25H34N2O2/c1-4-24(29-23-13-8-19(2)20(3)16-23)25(28)26-17-21-9-11-22(12-10-21)18-27-14-6-5-7-15-27/h8-13,16,24H,4-7,14-15,17-18H2,1-3H3,(H,26,28). The van der Waals surface area contributed by atoms with Crippen molar-refractivity contribution in [1.29, 1.82) is 0 Å². The molecule has 1 heterocycles. The first-order valence-electron chi connectivity index (χ1n) is 10.9. The zero-order valence-electron chi connectivity index (χ0n) is 18.0. The summed E-state index contributed by atoms with van der Waals surface area (Å²) in [6.45, 7) is 10.1. The summed E-state index contributed by atoms with van der Waals surface area (Å²) in [6, 6.07) is 14.5. The van der Waals surface area contributed by atoms with Crippen LogP contribution < -0.4 is 10.1 Å². The van der Waals surface area contributed by atoms with Crippen LogP contribution in [-0.2, 0) is 17.9 Å². The molecule has 29 heavy (non-hydrogen) atoms. The Balaban J connectivity index is 1.49. The average Bonchev–Trinajstić information content (AvgIpc) is 2.74. The van der Waals surface area contributed by atoms with E-state index in [0.29, 0.717) is 13.0 Å². The molecule has 1 unspecified atom stereocenters. The van der Waals surface area contributed by atoms with Gasteiger partial charge in [-0.05, 0) is 80.6 Å². The third-order valence-electron chi connectivity index (χ3n) is 5.76. The van der Waals surface area contributed by atoms with Crippen LogP contribution >= 0.6 is 0 Å². The number of nitrogens with one attached hydrogen (secondary N) is 1. The van der Waals surface area contributed by atoms with Crippen molar-refractivity contribution in [3.63, 3.8) is 0 Å². The van der Waals surface area contributed by atoms with Crippen LogP contribution in [0, 0.1) is 13.8 Å². The molecule has 1 atom stereocenters. The topological polar surface area (TPSA) is 41.6 Å². The molecule has 0 aliphatic carbocycles. The summed E-state index contributed by atoms with van der Waals surface area (Å²) in [5, 5.41) is 3.02. The van der Waals surface area contributed by atoms with Crippen LogP contribution in [0.3, 0.4) is 0 Å². The van der Waals surface area contributed by atoms with Crippen molar-refractivity contribution < 1.29 is 9.53 Å². The molecule has 1 aliphatic rings. The van der Waals surface area contributed by atoms with E-state index in [0.717, 1.165) is 17.9 Å². The van der Waals surface area contributed by atoms with Gasteiger partial charge in [0.2, 0.25) is 0 Å². The number of likely N-dealkylation sites (tertiary alicyclic amines) is 1. The number of carbonyl (C=O) groups is 1. The van der Waals surface area contributed by atoms with Crippen molar-refractivity contribution in [2.45, 2.75) is 65.6 Å². The van der Waals surface area contributed by atoms with E-state index in [1.54, 1.807) is 0 Å². The molecule has 0 bridgehead atoms. The van der Waals surface area contributed by atoms with E-state index >= 15 is 0 Å². The minimum absolute atomic E-state index is 0.0666. The highest BCUT2D eigenvalue weighted by atomic mass is 16.5. The molecule has 2 aromatic carbocycles. The first-order valence-corrected chi connectivity index (χ1v) is 10.9. The Kier molecular flexibility index (Phi) is 7.70. The lowest BCUT2D eigenvalue weighted by Gasteiger charge is -2.26. The van der Waals surface area contributed by atoms with Crippen LogP contribution in [0.25, 0.3) is 0 Å². The molecular weight excluding hydrogens is 360 g/mol. The zero-order chi connectivity index (χ0) is 20.6. The quantitative estimate of drug-likeness (QED) is 0.702. The third kappa shape index (κ3) is 6.33. The minimum Gasteiger partial charge on any atom is -0.481 e. The smallest absolute Gasteiger partial charge is 0.261 e. The van der Waals surface area contributed by atoms with Crippen LogP contribution in [0.1, 0.15) is 54.9 Å². The molecule has 4 heteroatoms. The highest BCUT2D eigenvalue weighted by molar-refractivity contribution is 5.81. The molecule has 1 amide bonds. The van der Waals surface area contributed by atoms with Crippen molar-refractivity contribution in [3.05, 3.63) is 64.7 Å². The summed E-state index contributed by atoms with van der Waals surface area (Å²) in [4.78, 5) is 15.1. The monoisotopic (exact) mass is 394 g/mol. The van der Waals surface area contributed by atoms with Crippen molar-refractivity contribution >= 4 is 5.91 Å². The van der Waals surface area contributed by atoms with Crippen LogP contribution in [0.4, 0.5) is 0 Å². The summed E-state index contributed by atoms with van der Waals surface area (Å²) in [6.07, 6.45) is 4.14. The Bertz CT molecular complexity index is 795. The van der Waals surface area contributed by atoms with E-state index in [1.807, 2.05) is 25.1 Å². The van der Waals surface area contributed by atoms with Gasteiger partial charge in [0.05, 0.1) is 0 Å². The Labute approximate surface area is 175 Å². The molecule has 2 aromatic rings. The minimum atomic E-state index is -0.476. The molecule has 156 valence electrons. The number of ether oxygens (including phenoxy) is 1. The number of piperidine rings is 1. The Morgan fingerprint density at radius 2 is 1.69 bits per heavy atom. The van der Waals surface area contributed by atoms with Gasteiger partial charge in [-0.15, -0.1) is 0 Å². The van der Waals surface area contributed by atoms with Gasteiger partial charge < -0.3 is 10.1 Å². The molecule has 1 N–H and O–H groups in total. The van der Waals surface area contributed by atoms with Gasteiger partial charge >= 0.3 is 0 Å². The van der Waals surface area contributed by atoms with Gasteiger partial charge in [-0.3, -0.25) is 9.69 Å². The fourth-order valence-electron chi connectivity index (χ4n) is 3.71. The van der Waals surface area contributed by atoms with Crippen molar-refractivity contribution in [1.82, 2.24) is 10.2 Å². The molecule has 1 aliphatic heterocycles. The van der Waals surface area contributed by atoms with E-state index in [9.17, 15) is 4.79 Å². The number of carbonyl (C=O) groups excluding carboxylic acids is 1. The number of aryl methyl sites for hydroxylation is 2.